The highest BCUT2D eigenvalue weighted by atomic mass is 32.2. The standard InChI is InChI=1S/C23H31NO5S/c1-5-6-7-22(16(2)3)30(27,28)24-20-13-8-17(4)14-21(20)29-15-18-9-11-19(12-10-18)23(25)26/h8-14,16,22,24H,5-7,15H2,1-4H3,(H,25,26). The molecule has 0 amide bonds. The van der Waals surface area contributed by atoms with Gasteiger partial charge in [-0.15, -0.1) is 0 Å². The summed E-state index contributed by atoms with van der Waals surface area (Å²) in [6, 6.07) is 11.7. The van der Waals surface area contributed by atoms with Crippen molar-refractivity contribution in [3.8, 4) is 5.75 Å². The van der Waals surface area contributed by atoms with Gasteiger partial charge in [0.15, 0.2) is 0 Å². The molecule has 164 valence electrons. The van der Waals surface area contributed by atoms with Gasteiger partial charge < -0.3 is 9.84 Å². The molecule has 0 spiro atoms. The Labute approximate surface area is 179 Å². The predicted octanol–water partition coefficient (Wildman–Crippen LogP) is 5.23. The third-order valence-electron chi connectivity index (χ3n) is 4.97. The van der Waals surface area contributed by atoms with Crippen LogP contribution in [-0.2, 0) is 16.6 Å². The van der Waals surface area contributed by atoms with E-state index >= 15 is 0 Å². The fourth-order valence-corrected chi connectivity index (χ4v) is 5.04. The number of sulfonamides is 1. The zero-order valence-electron chi connectivity index (χ0n) is 18.0. The van der Waals surface area contributed by atoms with E-state index in [9.17, 15) is 13.2 Å². The second kappa shape index (κ2) is 10.5. The maximum Gasteiger partial charge on any atom is 0.335 e. The topological polar surface area (TPSA) is 92.7 Å². The number of aryl methyl sites for hydroxylation is 1. The fraction of sp³-hybridized carbons (Fsp3) is 0.435. The normalized spacial score (nSPS) is 12.6. The Balaban J connectivity index is 2.20. The minimum Gasteiger partial charge on any atom is -0.487 e. The van der Waals surface area contributed by atoms with Gasteiger partial charge in [-0.05, 0) is 54.7 Å². The first-order valence-corrected chi connectivity index (χ1v) is 11.8. The number of carboxylic acid groups (broad SMARTS) is 1. The molecule has 1 atom stereocenters. The van der Waals surface area contributed by atoms with Gasteiger partial charge in [-0.2, -0.15) is 0 Å². The van der Waals surface area contributed by atoms with Crippen LogP contribution in [0.1, 0.15) is 61.5 Å². The summed E-state index contributed by atoms with van der Waals surface area (Å²) in [7, 11) is -3.58. The lowest BCUT2D eigenvalue weighted by Gasteiger charge is -2.23. The highest BCUT2D eigenvalue weighted by Crippen LogP contribution is 2.30. The second-order valence-electron chi connectivity index (χ2n) is 7.86. The number of nitrogens with one attached hydrogen (secondary N) is 1. The zero-order chi connectivity index (χ0) is 22.3. The van der Waals surface area contributed by atoms with E-state index in [0.29, 0.717) is 17.9 Å². The number of rotatable bonds is 11. The average Bonchev–Trinajstić information content (AvgIpc) is 2.68. The highest BCUT2D eigenvalue weighted by molar-refractivity contribution is 7.93. The summed E-state index contributed by atoms with van der Waals surface area (Å²) in [5.41, 5.74) is 2.35. The molecule has 0 aromatic heterocycles. The molecule has 1 unspecified atom stereocenters. The number of carboxylic acids is 1. The van der Waals surface area contributed by atoms with Crippen molar-refractivity contribution >= 4 is 21.7 Å². The first-order valence-electron chi connectivity index (χ1n) is 10.2. The van der Waals surface area contributed by atoms with Crippen LogP contribution in [0.4, 0.5) is 5.69 Å². The fourth-order valence-electron chi connectivity index (χ4n) is 3.22. The largest absolute Gasteiger partial charge is 0.487 e. The lowest BCUT2D eigenvalue weighted by molar-refractivity contribution is 0.0697. The molecule has 7 heteroatoms. The summed E-state index contributed by atoms with van der Waals surface area (Å²) in [5, 5.41) is 8.52. The quantitative estimate of drug-likeness (QED) is 0.506. The van der Waals surface area contributed by atoms with Crippen LogP contribution in [0.5, 0.6) is 5.75 Å². The second-order valence-corrected chi connectivity index (χ2v) is 9.76. The molecule has 0 aliphatic rings. The predicted molar refractivity (Wildman–Crippen MR) is 120 cm³/mol. The molecular formula is C23H31NO5S. The van der Waals surface area contributed by atoms with E-state index in [1.807, 2.05) is 33.8 Å². The van der Waals surface area contributed by atoms with Crippen LogP contribution in [0.2, 0.25) is 0 Å². The van der Waals surface area contributed by atoms with Gasteiger partial charge in [0.1, 0.15) is 12.4 Å². The molecule has 0 aliphatic carbocycles. The van der Waals surface area contributed by atoms with Crippen LogP contribution in [-0.4, -0.2) is 24.7 Å². The molecule has 0 radical (unpaired) electrons. The highest BCUT2D eigenvalue weighted by Gasteiger charge is 2.28. The molecule has 0 heterocycles. The number of unbranched alkanes of at least 4 members (excludes halogenated alkanes) is 1. The first kappa shape index (κ1) is 23.7. The Hall–Kier alpha value is -2.54. The Morgan fingerprint density at radius 1 is 1.13 bits per heavy atom. The van der Waals surface area contributed by atoms with Crippen LogP contribution in [0.15, 0.2) is 42.5 Å². The van der Waals surface area contributed by atoms with E-state index in [-0.39, 0.29) is 18.1 Å². The number of anilines is 1. The molecule has 0 aliphatic heterocycles. The molecule has 0 fully saturated rings. The zero-order valence-corrected chi connectivity index (χ0v) is 18.8. The Kier molecular flexibility index (Phi) is 8.29. The van der Waals surface area contributed by atoms with Crippen LogP contribution in [0.3, 0.4) is 0 Å². The van der Waals surface area contributed by atoms with E-state index in [1.54, 1.807) is 24.3 Å². The van der Waals surface area contributed by atoms with Gasteiger partial charge in [0.25, 0.3) is 0 Å². The maximum atomic E-state index is 13.0. The molecule has 2 aromatic carbocycles. The molecule has 30 heavy (non-hydrogen) atoms. The molecular weight excluding hydrogens is 402 g/mol. The van der Waals surface area contributed by atoms with Gasteiger partial charge in [0.2, 0.25) is 10.0 Å². The first-order chi connectivity index (χ1) is 14.1. The monoisotopic (exact) mass is 433 g/mol. The summed E-state index contributed by atoms with van der Waals surface area (Å²) in [4.78, 5) is 11.0. The van der Waals surface area contributed by atoms with Gasteiger partial charge in [0, 0.05) is 0 Å². The van der Waals surface area contributed by atoms with Crippen LogP contribution < -0.4 is 9.46 Å². The van der Waals surface area contributed by atoms with Gasteiger partial charge in [-0.25, -0.2) is 13.2 Å². The molecule has 0 bridgehead atoms. The van der Waals surface area contributed by atoms with Crippen molar-refractivity contribution < 1.29 is 23.1 Å². The number of carbonyl (C=O) groups is 1. The summed E-state index contributed by atoms with van der Waals surface area (Å²) in [6.45, 7) is 8.00. The van der Waals surface area contributed by atoms with Gasteiger partial charge in [0.05, 0.1) is 16.5 Å². The van der Waals surface area contributed by atoms with E-state index in [1.165, 1.54) is 12.1 Å². The number of hydrogen-bond acceptors (Lipinski definition) is 4. The summed E-state index contributed by atoms with van der Waals surface area (Å²) in [6.07, 6.45) is 2.41. The lowest BCUT2D eigenvalue weighted by Crippen LogP contribution is -2.32. The molecule has 2 rings (SSSR count). The van der Waals surface area contributed by atoms with Crippen LogP contribution in [0, 0.1) is 12.8 Å². The minimum atomic E-state index is -3.58. The number of ether oxygens (including phenoxy) is 1. The summed E-state index contributed by atoms with van der Waals surface area (Å²) >= 11 is 0. The van der Waals surface area contributed by atoms with Crippen molar-refractivity contribution in [1.29, 1.82) is 0 Å². The van der Waals surface area contributed by atoms with E-state index in [0.717, 1.165) is 24.0 Å². The minimum absolute atomic E-state index is 0.00313. The number of benzene rings is 2. The Morgan fingerprint density at radius 2 is 1.80 bits per heavy atom. The molecule has 2 N–H and O–H groups in total. The molecule has 2 aromatic rings. The van der Waals surface area contributed by atoms with Crippen molar-refractivity contribution in [3.63, 3.8) is 0 Å². The maximum absolute atomic E-state index is 13.0. The molecule has 0 saturated heterocycles. The van der Waals surface area contributed by atoms with Gasteiger partial charge in [-0.1, -0.05) is 51.8 Å². The van der Waals surface area contributed by atoms with E-state index in [4.69, 9.17) is 9.84 Å². The van der Waals surface area contributed by atoms with Gasteiger partial charge in [-0.3, -0.25) is 4.72 Å². The average molecular weight is 434 g/mol. The van der Waals surface area contributed by atoms with Crippen LogP contribution >= 0.6 is 0 Å². The third kappa shape index (κ3) is 6.49. The van der Waals surface area contributed by atoms with Crippen molar-refractivity contribution in [2.75, 3.05) is 4.72 Å². The van der Waals surface area contributed by atoms with Crippen LogP contribution in [0.25, 0.3) is 0 Å². The van der Waals surface area contributed by atoms with E-state index in [2.05, 4.69) is 4.72 Å². The van der Waals surface area contributed by atoms with Crippen molar-refractivity contribution in [2.45, 2.75) is 58.8 Å². The number of aromatic carboxylic acids is 1. The number of hydrogen-bond donors (Lipinski definition) is 2. The van der Waals surface area contributed by atoms with Crippen molar-refractivity contribution in [2.24, 2.45) is 5.92 Å². The Morgan fingerprint density at radius 3 is 2.37 bits per heavy atom. The summed E-state index contributed by atoms with van der Waals surface area (Å²) in [5.74, 6) is -0.545. The summed E-state index contributed by atoms with van der Waals surface area (Å²) < 4.78 is 34.7. The smallest absolute Gasteiger partial charge is 0.335 e. The van der Waals surface area contributed by atoms with Crippen molar-refractivity contribution in [1.82, 2.24) is 0 Å². The van der Waals surface area contributed by atoms with Crippen molar-refractivity contribution in [3.05, 3.63) is 59.2 Å². The lowest BCUT2D eigenvalue weighted by atomic mass is 10.1. The molecule has 6 nitrogen and oxygen atoms in total. The third-order valence-corrected chi connectivity index (χ3v) is 7.05. The van der Waals surface area contributed by atoms with Gasteiger partial charge >= 0.3 is 5.97 Å². The molecule has 0 saturated carbocycles. The SMILES string of the molecule is CCCCC(C(C)C)S(=O)(=O)Nc1ccc(C)cc1OCc1ccc(C(=O)O)cc1. The Bertz CT molecular complexity index is 952. The van der Waals surface area contributed by atoms with E-state index < -0.39 is 21.2 Å².